The van der Waals surface area contributed by atoms with Gasteiger partial charge >= 0.3 is 5.97 Å². The van der Waals surface area contributed by atoms with Crippen molar-refractivity contribution in [2.75, 3.05) is 7.11 Å². The molecule has 0 radical (unpaired) electrons. The highest BCUT2D eigenvalue weighted by atomic mass is 19.1. The van der Waals surface area contributed by atoms with Crippen molar-refractivity contribution in [2.45, 2.75) is 32.4 Å². The molecule has 1 aromatic carbocycles. The number of rotatable bonds is 5. The van der Waals surface area contributed by atoms with E-state index in [0.29, 0.717) is 12.0 Å². The van der Waals surface area contributed by atoms with Crippen LogP contribution < -0.4 is 5.32 Å². The summed E-state index contributed by atoms with van der Waals surface area (Å²) < 4.78 is 31.0. The van der Waals surface area contributed by atoms with Crippen molar-refractivity contribution in [3.63, 3.8) is 0 Å². The summed E-state index contributed by atoms with van der Waals surface area (Å²) in [5.41, 5.74) is 0.318. The molecule has 2 atom stereocenters. The third-order valence-electron chi connectivity index (χ3n) is 2.77. The molecule has 0 spiro atoms. The first-order valence-electron chi connectivity index (χ1n) is 5.78. The van der Waals surface area contributed by atoms with Gasteiger partial charge in [0.15, 0.2) is 0 Å². The molecule has 18 heavy (non-hydrogen) atoms. The van der Waals surface area contributed by atoms with Crippen LogP contribution in [0.3, 0.4) is 0 Å². The van der Waals surface area contributed by atoms with Gasteiger partial charge in [-0.25, -0.2) is 8.78 Å². The predicted octanol–water partition coefficient (Wildman–Crippen LogP) is 2.57. The van der Waals surface area contributed by atoms with Crippen molar-refractivity contribution < 1.29 is 18.3 Å². The van der Waals surface area contributed by atoms with E-state index in [1.54, 1.807) is 6.92 Å². The monoisotopic (exact) mass is 257 g/mol. The maximum atomic E-state index is 13.5. The maximum absolute atomic E-state index is 13.5. The molecule has 0 saturated carbocycles. The summed E-state index contributed by atoms with van der Waals surface area (Å²) in [5.74, 6) is -1.65. The van der Waals surface area contributed by atoms with Gasteiger partial charge in [-0.2, -0.15) is 0 Å². The highest BCUT2D eigenvalue weighted by Crippen LogP contribution is 2.18. The van der Waals surface area contributed by atoms with Gasteiger partial charge in [0.25, 0.3) is 0 Å². The van der Waals surface area contributed by atoms with E-state index in [1.165, 1.54) is 19.2 Å². The first-order chi connectivity index (χ1) is 8.49. The van der Waals surface area contributed by atoms with Gasteiger partial charge in [0.05, 0.1) is 7.11 Å². The summed E-state index contributed by atoms with van der Waals surface area (Å²) >= 11 is 0. The Bertz CT molecular complexity index is 423. The number of hydrogen-bond acceptors (Lipinski definition) is 3. The van der Waals surface area contributed by atoms with E-state index in [0.717, 1.165) is 6.07 Å². The molecule has 0 amide bonds. The molecule has 1 N–H and O–H groups in total. The van der Waals surface area contributed by atoms with Crippen LogP contribution in [0.25, 0.3) is 0 Å². The zero-order valence-electron chi connectivity index (χ0n) is 10.7. The van der Waals surface area contributed by atoms with Crippen LogP contribution in [-0.2, 0) is 9.53 Å². The Balaban J connectivity index is 2.80. The van der Waals surface area contributed by atoms with Gasteiger partial charge in [0.1, 0.15) is 17.7 Å². The minimum atomic E-state index is -0.630. The number of methoxy groups -OCH3 is 1. The smallest absolute Gasteiger partial charge is 0.322 e. The van der Waals surface area contributed by atoms with E-state index < -0.39 is 29.7 Å². The summed E-state index contributed by atoms with van der Waals surface area (Å²) in [6.07, 6.45) is 0.528. The number of hydrogen-bond donors (Lipinski definition) is 1. The van der Waals surface area contributed by atoms with Gasteiger partial charge in [-0.05, 0) is 19.4 Å². The Hall–Kier alpha value is -1.49. The lowest BCUT2D eigenvalue weighted by Gasteiger charge is -2.21. The Morgan fingerprint density at radius 1 is 1.44 bits per heavy atom. The Kier molecular flexibility index (Phi) is 5.22. The van der Waals surface area contributed by atoms with Crippen molar-refractivity contribution in [1.29, 1.82) is 0 Å². The Morgan fingerprint density at radius 3 is 2.61 bits per heavy atom. The quantitative estimate of drug-likeness (QED) is 0.824. The SMILES string of the molecule is CCC(NC(C)c1ccc(F)cc1F)C(=O)OC. The molecule has 100 valence electrons. The number of halogens is 2. The molecule has 0 aliphatic heterocycles. The number of carbonyl (C=O) groups is 1. The molecule has 3 nitrogen and oxygen atoms in total. The fourth-order valence-electron chi connectivity index (χ4n) is 1.74. The van der Waals surface area contributed by atoms with Crippen molar-refractivity contribution in [1.82, 2.24) is 5.32 Å². The Labute approximate surface area is 105 Å². The second kappa shape index (κ2) is 6.44. The lowest BCUT2D eigenvalue weighted by Crippen LogP contribution is -2.38. The maximum Gasteiger partial charge on any atom is 0.322 e. The highest BCUT2D eigenvalue weighted by Gasteiger charge is 2.21. The third kappa shape index (κ3) is 3.50. The molecule has 2 unspecified atom stereocenters. The van der Waals surface area contributed by atoms with Crippen LogP contribution in [-0.4, -0.2) is 19.1 Å². The van der Waals surface area contributed by atoms with Gasteiger partial charge in [0.2, 0.25) is 0 Å². The van der Waals surface area contributed by atoms with Gasteiger partial charge in [-0.1, -0.05) is 13.0 Å². The lowest BCUT2D eigenvalue weighted by atomic mass is 10.1. The summed E-state index contributed by atoms with van der Waals surface area (Å²) in [6.45, 7) is 3.53. The van der Waals surface area contributed by atoms with E-state index >= 15 is 0 Å². The van der Waals surface area contributed by atoms with Gasteiger partial charge in [-0.3, -0.25) is 10.1 Å². The molecule has 0 aliphatic rings. The summed E-state index contributed by atoms with van der Waals surface area (Å²) in [5, 5.41) is 2.96. The van der Waals surface area contributed by atoms with Crippen molar-refractivity contribution in [2.24, 2.45) is 0 Å². The number of carbonyl (C=O) groups excluding carboxylic acids is 1. The van der Waals surface area contributed by atoms with Crippen LogP contribution in [0.5, 0.6) is 0 Å². The minimum absolute atomic E-state index is 0.318. The molecule has 1 aromatic rings. The summed E-state index contributed by atoms with van der Waals surface area (Å²) in [6, 6.07) is 2.47. The molecule has 0 bridgehead atoms. The van der Waals surface area contributed by atoms with E-state index in [4.69, 9.17) is 0 Å². The molecule has 5 heteroatoms. The van der Waals surface area contributed by atoms with Crippen molar-refractivity contribution in [3.05, 3.63) is 35.4 Å². The predicted molar refractivity (Wildman–Crippen MR) is 64.0 cm³/mol. The first kappa shape index (κ1) is 14.6. The third-order valence-corrected chi connectivity index (χ3v) is 2.77. The summed E-state index contributed by atoms with van der Waals surface area (Å²) in [4.78, 5) is 11.4. The van der Waals surface area contributed by atoms with Crippen LogP contribution in [0.1, 0.15) is 31.9 Å². The molecular weight excluding hydrogens is 240 g/mol. The van der Waals surface area contributed by atoms with E-state index in [1.807, 2.05) is 6.92 Å². The minimum Gasteiger partial charge on any atom is -0.468 e. The highest BCUT2D eigenvalue weighted by molar-refractivity contribution is 5.75. The second-order valence-electron chi connectivity index (χ2n) is 4.04. The average Bonchev–Trinajstić information content (AvgIpc) is 2.34. The molecule has 0 aromatic heterocycles. The summed E-state index contributed by atoms with van der Waals surface area (Å²) in [7, 11) is 1.30. The Morgan fingerprint density at radius 2 is 2.11 bits per heavy atom. The number of esters is 1. The molecule has 0 heterocycles. The lowest BCUT2D eigenvalue weighted by molar-refractivity contribution is -0.143. The normalized spacial score (nSPS) is 14.1. The molecular formula is C13H17F2NO2. The fraction of sp³-hybridized carbons (Fsp3) is 0.462. The van der Waals surface area contributed by atoms with Crippen LogP contribution >= 0.6 is 0 Å². The number of nitrogens with one attached hydrogen (secondary N) is 1. The topological polar surface area (TPSA) is 38.3 Å². The molecule has 1 rings (SSSR count). The first-order valence-corrected chi connectivity index (χ1v) is 5.78. The van der Waals surface area contributed by atoms with Crippen LogP contribution in [0.4, 0.5) is 8.78 Å². The van der Waals surface area contributed by atoms with E-state index in [9.17, 15) is 13.6 Å². The molecule has 0 aliphatic carbocycles. The van der Waals surface area contributed by atoms with E-state index in [-0.39, 0.29) is 0 Å². The second-order valence-corrected chi connectivity index (χ2v) is 4.04. The zero-order chi connectivity index (χ0) is 13.7. The van der Waals surface area contributed by atoms with Gasteiger partial charge in [0, 0.05) is 17.7 Å². The average molecular weight is 257 g/mol. The number of benzene rings is 1. The largest absolute Gasteiger partial charge is 0.468 e. The number of ether oxygens (including phenoxy) is 1. The van der Waals surface area contributed by atoms with E-state index in [2.05, 4.69) is 10.1 Å². The van der Waals surface area contributed by atoms with Crippen LogP contribution in [0, 0.1) is 11.6 Å². The van der Waals surface area contributed by atoms with Crippen molar-refractivity contribution in [3.8, 4) is 0 Å². The standard InChI is InChI=1S/C13H17F2NO2/c1-4-12(13(17)18-3)16-8(2)10-6-5-9(14)7-11(10)15/h5-8,12,16H,4H2,1-3H3. The van der Waals surface area contributed by atoms with Crippen LogP contribution in [0.15, 0.2) is 18.2 Å². The van der Waals surface area contributed by atoms with Gasteiger partial charge in [-0.15, -0.1) is 0 Å². The molecule has 0 saturated heterocycles. The molecule has 0 fully saturated rings. The zero-order valence-corrected chi connectivity index (χ0v) is 10.7. The van der Waals surface area contributed by atoms with Crippen LogP contribution in [0.2, 0.25) is 0 Å². The van der Waals surface area contributed by atoms with Gasteiger partial charge < -0.3 is 4.74 Å². The fourth-order valence-corrected chi connectivity index (χ4v) is 1.74. The van der Waals surface area contributed by atoms with Crippen molar-refractivity contribution >= 4 is 5.97 Å².